The second kappa shape index (κ2) is 6.82. The van der Waals surface area contributed by atoms with Gasteiger partial charge in [-0.2, -0.15) is 0 Å². The number of aliphatic hydroxyl groups is 1. The van der Waals surface area contributed by atoms with E-state index in [2.05, 4.69) is 15.8 Å². The van der Waals surface area contributed by atoms with E-state index in [4.69, 9.17) is 4.52 Å². The molecule has 2 atom stereocenters. The Kier molecular flexibility index (Phi) is 4.79. The van der Waals surface area contributed by atoms with Gasteiger partial charge in [0.2, 0.25) is 0 Å². The van der Waals surface area contributed by atoms with E-state index >= 15 is 0 Å². The predicted molar refractivity (Wildman–Crippen MR) is 88.4 cm³/mol. The number of amides is 1. The van der Waals surface area contributed by atoms with Crippen LogP contribution in [0.1, 0.15) is 30.3 Å². The largest absolute Gasteiger partial charge is 0.388 e. The summed E-state index contributed by atoms with van der Waals surface area (Å²) >= 11 is 1.53. The third-order valence-corrected chi connectivity index (χ3v) is 5.17. The van der Waals surface area contributed by atoms with E-state index in [0.29, 0.717) is 5.76 Å². The summed E-state index contributed by atoms with van der Waals surface area (Å²) < 4.78 is 5.21. The zero-order chi connectivity index (χ0) is 16.3. The summed E-state index contributed by atoms with van der Waals surface area (Å²) in [5.74, 6) is 0.379. The summed E-state index contributed by atoms with van der Waals surface area (Å²) in [6.45, 7) is 3.73. The van der Waals surface area contributed by atoms with Crippen molar-refractivity contribution in [2.75, 3.05) is 19.6 Å². The zero-order valence-electron chi connectivity index (χ0n) is 13.0. The van der Waals surface area contributed by atoms with Crippen LogP contribution >= 0.6 is 11.3 Å². The Balaban J connectivity index is 1.58. The molecule has 23 heavy (non-hydrogen) atoms. The lowest BCUT2D eigenvalue weighted by Gasteiger charge is -2.35. The predicted octanol–water partition coefficient (Wildman–Crippen LogP) is 1.88. The van der Waals surface area contributed by atoms with Crippen LogP contribution in [-0.4, -0.2) is 41.4 Å². The Morgan fingerprint density at radius 2 is 2.52 bits per heavy atom. The Bertz CT molecular complexity index is 645. The van der Waals surface area contributed by atoms with Crippen LogP contribution in [-0.2, 0) is 0 Å². The van der Waals surface area contributed by atoms with Crippen molar-refractivity contribution in [1.29, 1.82) is 0 Å². The molecule has 3 rings (SSSR count). The summed E-state index contributed by atoms with van der Waals surface area (Å²) in [4.78, 5) is 13.1. The van der Waals surface area contributed by atoms with E-state index < -0.39 is 5.60 Å². The first-order chi connectivity index (χ1) is 11.1. The fraction of sp³-hybridized carbons (Fsp3) is 0.500. The molecule has 1 aliphatic heterocycles. The second-order valence-electron chi connectivity index (χ2n) is 6.14. The highest BCUT2D eigenvalue weighted by Gasteiger charge is 2.33. The Morgan fingerprint density at radius 1 is 1.65 bits per heavy atom. The van der Waals surface area contributed by atoms with Gasteiger partial charge >= 0.3 is 0 Å². The molecule has 2 unspecified atom stereocenters. The molecule has 3 N–H and O–H groups in total. The van der Waals surface area contributed by atoms with Crippen molar-refractivity contribution >= 4 is 17.2 Å². The third-order valence-electron chi connectivity index (χ3n) is 4.29. The third kappa shape index (κ3) is 3.80. The van der Waals surface area contributed by atoms with Gasteiger partial charge in [-0.05, 0) is 37.8 Å². The SMILES string of the molecule is CC(O)(CNC(=O)c1cc(-c2cccs2)on1)C1CCCNC1. The van der Waals surface area contributed by atoms with Gasteiger partial charge in [0.25, 0.3) is 5.91 Å². The van der Waals surface area contributed by atoms with Crippen LogP contribution in [0.15, 0.2) is 28.1 Å². The maximum Gasteiger partial charge on any atom is 0.273 e. The normalized spacial score (nSPS) is 20.9. The number of aromatic nitrogens is 1. The van der Waals surface area contributed by atoms with Crippen LogP contribution in [0.5, 0.6) is 0 Å². The number of piperidine rings is 1. The summed E-state index contributed by atoms with van der Waals surface area (Å²) in [6, 6.07) is 5.45. The number of rotatable bonds is 5. The van der Waals surface area contributed by atoms with Gasteiger partial charge in [0.15, 0.2) is 11.5 Å². The quantitative estimate of drug-likeness (QED) is 0.776. The van der Waals surface area contributed by atoms with E-state index in [1.165, 1.54) is 11.3 Å². The molecule has 2 aromatic heterocycles. The van der Waals surface area contributed by atoms with Gasteiger partial charge in [0.05, 0.1) is 10.5 Å². The van der Waals surface area contributed by atoms with Gasteiger partial charge in [-0.1, -0.05) is 11.2 Å². The van der Waals surface area contributed by atoms with Crippen molar-refractivity contribution in [2.24, 2.45) is 5.92 Å². The number of hydrogen-bond donors (Lipinski definition) is 3. The minimum absolute atomic E-state index is 0.135. The fourth-order valence-corrected chi connectivity index (χ4v) is 3.47. The topological polar surface area (TPSA) is 87.4 Å². The molecule has 1 saturated heterocycles. The van der Waals surface area contributed by atoms with E-state index in [9.17, 15) is 9.90 Å². The Labute approximate surface area is 138 Å². The lowest BCUT2D eigenvalue weighted by atomic mass is 9.83. The number of thiophene rings is 1. The molecule has 1 aliphatic rings. The first-order valence-corrected chi connectivity index (χ1v) is 8.66. The molecule has 1 fully saturated rings. The van der Waals surface area contributed by atoms with Gasteiger partial charge in [-0.25, -0.2) is 0 Å². The molecular weight excluding hydrogens is 314 g/mol. The van der Waals surface area contributed by atoms with Crippen molar-refractivity contribution in [3.05, 3.63) is 29.3 Å². The lowest BCUT2D eigenvalue weighted by Crippen LogP contribution is -2.51. The number of nitrogens with zero attached hydrogens (tertiary/aromatic N) is 1. The van der Waals surface area contributed by atoms with Crippen LogP contribution in [0.25, 0.3) is 10.6 Å². The van der Waals surface area contributed by atoms with Crippen LogP contribution in [0, 0.1) is 5.92 Å². The van der Waals surface area contributed by atoms with E-state index in [-0.39, 0.29) is 24.1 Å². The maximum atomic E-state index is 12.2. The highest BCUT2D eigenvalue weighted by molar-refractivity contribution is 7.13. The molecule has 124 valence electrons. The average molecular weight is 335 g/mol. The van der Waals surface area contributed by atoms with Crippen LogP contribution in [0.2, 0.25) is 0 Å². The molecule has 0 saturated carbocycles. The molecule has 6 nitrogen and oxygen atoms in total. The van der Waals surface area contributed by atoms with Crippen molar-refractivity contribution in [3.63, 3.8) is 0 Å². The van der Waals surface area contributed by atoms with Crippen LogP contribution in [0.4, 0.5) is 0 Å². The standard InChI is InChI=1S/C16H21N3O3S/c1-16(21,11-4-2-6-17-9-11)10-18-15(20)12-8-13(22-19-12)14-5-3-7-23-14/h3,5,7-8,11,17,21H,2,4,6,9-10H2,1H3,(H,18,20). The number of nitrogens with one attached hydrogen (secondary N) is 2. The van der Waals surface area contributed by atoms with E-state index in [0.717, 1.165) is 30.8 Å². The minimum Gasteiger partial charge on any atom is -0.388 e. The van der Waals surface area contributed by atoms with Crippen LogP contribution in [0.3, 0.4) is 0 Å². The summed E-state index contributed by atoms with van der Waals surface area (Å²) in [6.07, 6.45) is 2.00. The molecule has 0 aromatic carbocycles. The highest BCUT2D eigenvalue weighted by Crippen LogP contribution is 2.26. The van der Waals surface area contributed by atoms with Crippen molar-refractivity contribution in [1.82, 2.24) is 15.8 Å². The first-order valence-electron chi connectivity index (χ1n) is 7.78. The summed E-state index contributed by atoms with van der Waals surface area (Å²) in [7, 11) is 0. The van der Waals surface area contributed by atoms with Gasteiger partial charge < -0.3 is 20.3 Å². The van der Waals surface area contributed by atoms with Gasteiger partial charge in [-0.3, -0.25) is 4.79 Å². The molecule has 2 aromatic rings. The van der Waals surface area contributed by atoms with Crippen LogP contribution < -0.4 is 10.6 Å². The molecular formula is C16H21N3O3S. The molecule has 0 bridgehead atoms. The summed E-state index contributed by atoms with van der Waals surface area (Å²) in [5.41, 5.74) is -0.713. The Morgan fingerprint density at radius 3 is 3.22 bits per heavy atom. The smallest absolute Gasteiger partial charge is 0.273 e. The monoisotopic (exact) mass is 335 g/mol. The van der Waals surface area contributed by atoms with Gasteiger partial charge in [-0.15, -0.1) is 11.3 Å². The molecule has 0 aliphatic carbocycles. The van der Waals surface area contributed by atoms with Gasteiger partial charge in [0, 0.05) is 25.1 Å². The van der Waals surface area contributed by atoms with E-state index in [1.54, 1.807) is 13.0 Å². The van der Waals surface area contributed by atoms with Crippen molar-refractivity contribution < 1.29 is 14.4 Å². The molecule has 7 heteroatoms. The molecule has 0 radical (unpaired) electrons. The van der Waals surface area contributed by atoms with Gasteiger partial charge in [0.1, 0.15) is 0 Å². The lowest BCUT2D eigenvalue weighted by molar-refractivity contribution is -0.00885. The van der Waals surface area contributed by atoms with Crippen molar-refractivity contribution in [2.45, 2.75) is 25.4 Å². The number of hydrogen-bond acceptors (Lipinski definition) is 6. The average Bonchev–Trinajstić information content (AvgIpc) is 3.24. The summed E-state index contributed by atoms with van der Waals surface area (Å²) in [5, 5.41) is 22.4. The number of carbonyl (C=O) groups is 1. The number of carbonyl (C=O) groups excluding carboxylic acids is 1. The fourth-order valence-electron chi connectivity index (χ4n) is 2.79. The molecule has 1 amide bonds. The van der Waals surface area contributed by atoms with E-state index in [1.807, 2.05) is 17.5 Å². The first kappa shape index (κ1) is 16.2. The zero-order valence-corrected chi connectivity index (χ0v) is 13.9. The maximum absolute atomic E-state index is 12.2. The Hall–Kier alpha value is -1.70. The molecule has 0 spiro atoms. The molecule has 3 heterocycles. The highest BCUT2D eigenvalue weighted by atomic mass is 32.1. The second-order valence-corrected chi connectivity index (χ2v) is 7.08. The minimum atomic E-state index is -0.941. The van der Waals surface area contributed by atoms with Crippen molar-refractivity contribution in [3.8, 4) is 10.6 Å².